The molecule has 1 heterocycles. The van der Waals surface area contributed by atoms with Gasteiger partial charge in [0.2, 0.25) is 0 Å². The van der Waals surface area contributed by atoms with Gasteiger partial charge in [0.05, 0.1) is 10.6 Å². The number of benzene rings is 1. The van der Waals surface area contributed by atoms with Crippen LogP contribution in [0.3, 0.4) is 0 Å². The molecule has 102 valence electrons. The molecular formula is C13H15BrFN3O. The molecule has 0 aliphatic heterocycles. The summed E-state index contributed by atoms with van der Waals surface area (Å²) in [5.74, 6) is 0.323. The molecule has 0 amide bonds. The standard InChI is InChI=1S/C13H15BrFN3O/c1-2-5-18-13(16-8-17-18)7-12(19)9-3-4-10(14)11(15)6-9/h3-4,6,8,12,19H,2,5,7H2,1H3. The molecule has 0 spiro atoms. The van der Waals surface area contributed by atoms with Crippen LogP contribution < -0.4 is 0 Å². The number of aliphatic hydroxyl groups is 1. The van der Waals surface area contributed by atoms with E-state index in [9.17, 15) is 9.50 Å². The summed E-state index contributed by atoms with van der Waals surface area (Å²) in [6.45, 7) is 2.81. The fraction of sp³-hybridized carbons (Fsp3) is 0.385. The molecule has 0 saturated carbocycles. The lowest BCUT2D eigenvalue weighted by Gasteiger charge is -2.12. The van der Waals surface area contributed by atoms with Crippen molar-refractivity contribution in [3.05, 3.63) is 46.2 Å². The molecule has 1 atom stereocenters. The molecule has 0 fully saturated rings. The van der Waals surface area contributed by atoms with Gasteiger partial charge in [-0.3, -0.25) is 4.68 Å². The summed E-state index contributed by atoms with van der Waals surface area (Å²) < 4.78 is 15.6. The lowest BCUT2D eigenvalue weighted by molar-refractivity contribution is 0.173. The maximum Gasteiger partial charge on any atom is 0.138 e. The van der Waals surface area contributed by atoms with E-state index in [4.69, 9.17) is 0 Å². The largest absolute Gasteiger partial charge is 0.388 e. The summed E-state index contributed by atoms with van der Waals surface area (Å²) in [7, 11) is 0. The fourth-order valence-electron chi connectivity index (χ4n) is 1.86. The van der Waals surface area contributed by atoms with Gasteiger partial charge >= 0.3 is 0 Å². The molecule has 0 aliphatic carbocycles. The fourth-order valence-corrected chi connectivity index (χ4v) is 2.10. The third-order valence-corrected chi connectivity index (χ3v) is 3.48. The summed E-state index contributed by atoms with van der Waals surface area (Å²) >= 11 is 3.09. The Morgan fingerprint density at radius 1 is 1.47 bits per heavy atom. The Balaban J connectivity index is 2.13. The van der Waals surface area contributed by atoms with Crippen LogP contribution in [0.5, 0.6) is 0 Å². The van der Waals surface area contributed by atoms with Crippen molar-refractivity contribution < 1.29 is 9.50 Å². The molecule has 2 aromatic rings. The average molecular weight is 328 g/mol. The van der Waals surface area contributed by atoms with Crippen LogP contribution in [0.1, 0.15) is 30.8 Å². The summed E-state index contributed by atoms with van der Waals surface area (Å²) in [4.78, 5) is 4.13. The Hall–Kier alpha value is -1.27. The number of aryl methyl sites for hydroxylation is 1. The third-order valence-electron chi connectivity index (χ3n) is 2.84. The zero-order valence-electron chi connectivity index (χ0n) is 10.6. The first-order valence-corrected chi connectivity index (χ1v) is 6.90. The van der Waals surface area contributed by atoms with Gasteiger partial charge in [0.1, 0.15) is 18.0 Å². The quantitative estimate of drug-likeness (QED) is 0.918. The Kier molecular flexibility index (Phi) is 4.66. The monoisotopic (exact) mass is 327 g/mol. The van der Waals surface area contributed by atoms with Crippen LogP contribution in [0.15, 0.2) is 29.0 Å². The van der Waals surface area contributed by atoms with Gasteiger partial charge in [-0.25, -0.2) is 9.37 Å². The van der Waals surface area contributed by atoms with Crippen molar-refractivity contribution >= 4 is 15.9 Å². The van der Waals surface area contributed by atoms with Crippen LogP contribution in [0, 0.1) is 5.82 Å². The van der Waals surface area contributed by atoms with E-state index in [2.05, 4.69) is 26.0 Å². The van der Waals surface area contributed by atoms with Crippen molar-refractivity contribution in [2.24, 2.45) is 0 Å². The number of nitrogens with zero attached hydrogens (tertiary/aromatic N) is 3. The molecule has 4 nitrogen and oxygen atoms in total. The van der Waals surface area contributed by atoms with E-state index in [0.717, 1.165) is 13.0 Å². The number of aromatic nitrogens is 3. The number of rotatable bonds is 5. The highest BCUT2D eigenvalue weighted by Gasteiger charge is 2.14. The van der Waals surface area contributed by atoms with E-state index < -0.39 is 6.10 Å². The van der Waals surface area contributed by atoms with Crippen molar-refractivity contribution in [2.75, 3.05) is 0 Å². The van der Waals surface area contributed by atoms with E-state index in [0.29, 0.717) is 22.3 Å². The molecule has 0 bridgehead atoms. The summed E-state index contributed by atoms with van der Waals surface area (Å²) in [5, 5.41) is 14.2. The Morgan fingerprint density at radius 3 is 2.95 bits per heavy atom. The Labute approximate surface area is 119 Å². The minimum Gasteiger partial charge on any atom is -0.388 e. The molecule has 0 saturated heterocycles. The Morgan fingerprint density at radius 2 is 2.26 bits per heavy atom. The molecule has 1 N–H and O–H groups in total. The first kappa shape index (κ1) is 14.1. The van der Waals surface area contributed by atoms with E-state index in [1.165, 1.54) is 12.4 Å². The van der Waals surface area contributed by atoms with Crippen molar-refractivity contribution in [3.8, 4) is 0 Å². The summed E-state index contributed by atoms with van der Waals surface area (Å²) in [6.07, 6.45) is 1.95. The summed E-state index contributed by atoms with van der Waals surface area (Å²) in [6, 6.07) is 4.61. The van der Waals surface area contributed by atoms with Gasteiger partial charge in [0.15, 0.2) is 0 Å². The second kappa shape index (κ2) is 6.25. The van der Waals surface area contributed by atoms with Crippen LogP contribution in [0.4, 0.5) is 4.39 Å². The SMILES string of the molecule is CCCn1ncnc1CC(O)c1ccc(Br)c(F)c1. The molecule has 1 unspecified atom stereocenters. The Bertz CT molecular complexity index is 559. The minimum atomic E-state index is -0.789. The van der Waals surface area contributed by atoms with Gasteiger partial charge in [0.25, 0.3) is 0 Å². The lowest BCUT2D eigenvalue weighted by Crippen LogP contribution is -2.10. The molecule has 1 aromatic heterocycles. The number of hydrogen-bond donors (Lipinski definition) is 1. The van der Waals surface area contributed by atoms with Crippen molar-refractivity contribution in [3.63, 3.8) is 0 Å². The minimum absolute atomic E-state index is 0.321. The zero-order valence-corrected chi connectivity index (χ0v) is 12.1. The smallest absolute Gasteiger partial charge is 0.138 e. The van der Waals surface area contributed by atoms with Crippen LogP contribution >= 0.6 is 15.9 Å². The van der Waals surface area contributed by atoms with E-state index in [1.54, 1.807) is 16.8 Å². The van der Waals surface area contributed by atoms with Gasteiger partial charge in [-0.15, -0.1) is 0 Å². The van der Waals surface area contributed by atoms with Crippen molar-refractivity contribution in [2.45, 2.75) is 32.4 Å². The van der Waals surface area contributed by atoms with Gasteiger partial charge in [-0.2, -0.15) is 5.10 Å². The normalized spacial score (nSPS) is 12.6. The van der Waals surface area contributed by atoms with E-state index >= 15 is 0 Å². The molecular weight excluding hydrogens is 313 g/mol. The second-order valence-electron chi connectivity index (χ2n) is 4.29. The number of aliphatic hydroxyl groups excluding tert-OH is 1. The molecule has 6 heteroatoms. The molecule has 19 heavy (non-hydrogen) atoms. The molecule has 2 rings (SSSR count). The van der Waals surface area contributed by atoms with Crippen LogP contribution in [0.25, 0.3) is 0 Å². The number of hydrogen-bond acceptors (Lipinski definition) is 3. The van der Waals surface area contributed by atoms with E-state index in [-0.39, 0.29) is 5.82 Å². The highest BCUT2D eigenvalue weighted by molar-refractivity contribution is 9.10. The predicted octanol–water partition coefficient (Wildman–Crippen LogP) is 2.87. The van der Waals surface area contributed by atoms with Crippen LogP contribution in [-0.2, 0) is 13.0 Å². The molecule has 0 aliphatic rings. The van der Waals surface area contributed by atoms with Gasteiger partial charge < -0.3 is 5.11 Å². The maximum absolute atomic E-state index is 13.4. The first-order valence-electron chi connectivity index (χ1n) is 6.11. The number of halogens is 2. The van der Waals surface area contributed by atoms with Crippen molar-refractivity contribution in [1.29, 1.82) is 0 Å². The van der Waals surface area contributed by atoms with Crippen molar-refractivity contribution in [1.82, 2.24) is 14.8 Å². The predicted molar refractivity (Wildman–Crippen MR) is 73.1 cm³/mol. The van der Waals surface area contributed by atoms with Crippen LogP contribution in [0.2, 0.25) is 0 Å². The average Bonchev–Trinajstić information content (AvgIpc) is 2.80. The van der Waals surface area contributed by atoms with Gasteiger partial charge in [-0.1, -0.05) is 13.0 Å². The van der Waals surface area contributed by atoms with Crippen LogP contribution in [-0.4, -0.2) is 19.9 Å². The lowest BCUT2D eigenvalue weighted by atomic mass is 10.1. The first-order chi connectivity index (χ1) is 9.11. The molecule has 0 radical (unpaired) electrons. The second-order valence-corrected chi connectivity index (χ2v) is 5.15. The van der Waals surface area contributed by atoms with Gasteiger partial charge in [0, 0.05) is 13.0 Å². The maximum atomic E-state index is 13.4. The highest BCUT2D eigenvalue weighted by atomic mass is 79.9. The topological polar surface area (TPSA) is 50.9 Å². The van der Waals surface area contributed by atoms with Gasteiger partial charge in [-0.05, 0) is 40.0 Å². The third kappa shape index (κ3) is 3.39. The highest BCUT2D eigenvalue weighted by Crippen LogP contribution is 2.22. The zero-order chi connectivity index (χ0) is 13.8. The molecule has 1 aromatic carbocycles. The summed E-state index contributed by atoms with van der Waals surface area (Å²) in [5.41, 5.74) is 0.534. The van der Waals surface area contributed by atoms with E-state index in [1.807, 2.05) is 6.92 Å².